The van der Waals surface area contributed by atoms with Gasteiger partial charge in [-0.2, -0.15) is 0 Å². The summed E-state index contributed by atoms with van der Waals surface area (Å²) in [6, 6.07) is 8.75. The molecule has 1 aromatic heterocycles. The van der Waals surface area contributed by atoms with Crippen molar-refractivity contribution in [3.8, 4) is 0 Å². The lowest BCUT2D eigenvalue weighted by molar-refractivity contribution is 0.831. The lowest BCUT2D eigenvalue weighted by Crippen LogP contribution is -2.12. The van der Waals surface area contributed by atoms with Crippen molar-refractivity contribution in [2.24, 2.45) is 4.99 Å². The molecular weight excluding hydrogens is 264 g/mol. The molecule has 1 aromatic carbocycles. The summed E-state index contributed by atoms with van der Waals surface area (Å²) in [6.07, 6.45) is 3.81. The summed E-state index contributed by atoms with van der Waals surface area (Å²) in [5.74, 6) is 0. The number of nitrogens with one attached hydrogen (secondary N) is 1. The predicted octanol–water partition coefficient (Wildman–Crippen LogP) is 4.21. The quantitative estimate of drug-likeness (QED) is 0.830. The highest BCUT2D eigenvalue weighted by Crippen LogP contribution is 2.39. The van der Waals surface area contributed by atoms with E-state index in [1.165, 1.54) is 26.1 Å². The standard InChI is InChI=1S/C14H14N2S.ClH/c1-9-7-15-8-16-13(9)14-10(2)11-5-3-4-6-12(11)17-14;/h3-8,13H,1-2H3,(H,15,16);1H. The van der Waals surface area contributed by atoms with Crippen molar-refractivity contribution < 1.29 is 0 Å². The molecule has 4 heteroatoms. The van der Waals surface area contributed by atoms with Crippen LogP contribution < -0.4 is 5.32 Å². The van der Waals surface area contributed by atoms with Gasteiger partial charge in [-0.3, -0.25) is 4.99 Å². The van der Waals surface area contributed by atoms with Crippen LogP contribution in [0.15, 0.2) is 41.0 Å². The first kappa shape index (κ1) is 13.1. The second-order valence-corrected chi connectivity index (χ2v) is 5.41. The molecule has 2 nitrogen and oxygen atoms in total. The van der Waals surface area contributed by atoms with Crippen LogP contribution in [-0.4, -0.2) is 6.34 Å². The largest absolute Gasteiger partial charge is 0.353 e. The summed E-state index contributed by atoms with van der Waals surface area (Å²) in [6.45, 7) is 4.32. The van der Waals surface area contributed by atoms with Crippen LogP contribution in [0.2, 0.25) is 0 Å². The fourth-order valence-electron chi connectivity index (χ4n) is 2.21. The molecule has 0 bridgehead atoms. The van der Waals surface area contributed by atoms with Crippen LogP contribution in [0.4, 0.5) is 0 Å². The Kier molecular flexibility index (Phi) is 3.73. The Morgan fingerprint density at radius 2 is 2.00 bits per heavy atom. The Bertz CT molecular complexity index is 628. The maximum atomic E-state index is 4.54. The van der Waals surface area contributed by atoms with E-state index in [9.17, 15) is 0 Å². The lowest BCUT2D eigenvalue weighted by atomic mass is 10.0. The maximum absolute atomic E-state index is 4.54. The van der Waals surface area contributed by atoms with Gasteiger partial charge in [0.05, 0.1) is 6.34 Å². The lowest BCUT2D eigenvalue weighted by Gasteiger charge is -2.16. The minimum Gasteiger partial charge on any atom is -0.353 e. The molecule has 3 rings (SSSR count). The molecule has 1 aliphatic rings. The molecular formula is C14H15ClN2S. The first-order chi connectivity index (χ1) is 8.27. The molecule has 0 fully saturated rings. The van der Waals surface area contributed by atoms with Crippen molar-refractivity contribution in [3.63, 3.8) is 0 Å². The van der Waals surface area contributed by atoms with Crippen molar-refractivity contribution in [3.05, 3.63) is 46.5 Å². The summed E-state index contributed by atoms with van der Waals surface area (Å²) >= 11 is 1.85. The van der Waals surface area contributed by atoms with Crippen molar-refractivity contribution >= 4 is 40.2 Å². The summed E-state index contributed by atoms with van der Waals surface area (Å²) in [7, 11) is 0. The number of thiophene rings is 1. The monoisotopic (exact) mass is 278 g/mol. The minimum absolute atomic E-state index is 0. The highest BCUT2D eigenvalue weighted by Gasteiger charge is 2.19. The first-order valence-electron chi connectivity index (χ1n) is 5.70. The summed E-state index contributed by atoms with van der Waals surface area (Å²) in [4.78, 5) is 5.90. The Balaban J connectivity index is 0.00000120. The fraction of sp³-hybridized carbons (Fsp3) is 0.214. The summed E-state index contributed by atoms with van der Waals surface area (Å²) in [5.41, 5.74) is 2.63. The summed E-state index contributed by atoms with van der Waals surface area (Å²) < 4.78 is 1.35. The van der Waals surface area contributed by atoms with Crippen molar-refractivity contribution in [1.82, 2.24) is 5.32 Å². The Morgan fingerprint density at radius 1 is 1.22 bits per heavy atom. The van der Waals surface area contributed by atoms with E-state index in [4.69, 9.17) is 0 Å². The molecule has 94 valence electrons. The molecule has 1 unspecified atom stereocenters. The van der Waals surface area contributed by atoms with Crippen LogP contribution in [0.5, 0.6) is 0 Å². The van der Waals surface area contributed by atoms with Gasteiger partial charge in [0, 0.05) is 15.8 Å². The normalized spacial score (nSPS) is 18.1. The van der Waals surface area contributed by atoms with Gasteiger partial charge in [0.25, 0.3) is 0 Å². The molecule has 0 aliphatic carbocycles. The Labute approximate surface area is 117 Å². The molecule has 2 aromatic rings. The van der Waals surface area contributed by atoms with Gasteiger partial charge in [0.1, 0.15) is 6.04 Å². The van der Waals surface area contributed by atoms with Crippen LogP contribution in [0.3, 0.4) is 0 Å². The van der Waals surface area contributed by atoms with Gasteiger partial charge in [0.15, 0.2) is 0 Å². The molecule has 0 saturated heterocycles. The van der Waals surface area contributed by atoms with Gasteiger partial charge < -0.3 is 5.32 Å². The first-order valence-corrected chi connectivity index (χ1v) is 6.51. The van der Waals surface area contributed by atoms with Crippen LogP contribution >= 0.6 is 23.7 Å². The highest BCUT2D eigenvalue weighted by atomic mass is 35.5. The number of fused-ring (bicyclic) bond motifs is 1. The molecule has 0 radical (unpaired) electrons. The zero-order valence-corrected chi connectivity index (χ0v) is 11.9. The third-order valence-corrected chi connectivity index (χ3v) is 4.49. The topological polar surface area (TPSA) is 24.4 Å². The van der Waals surface area contributed by atoms with Crippen LogP contribution in [0, 0.1) is 6.92 Å². The number of benzene rings is 1. The molecule has 0 amide bonds. The smallest absolute Gasteiger partial charge is 0.109 e. The minimum atomic E-state index is 0. The second-order valence-electron chi connectivity index (χ2n) is 4.32. The molecule has 18 heavy (non-hydrogen) atoms. The average Bonchev–Trinajstić information content (AvgIpc) is 2.68. The second kappa shape index (κ2) is 5.12. The van der Waals surface area contributed by atoms with E-state index in [1.54, 1.807) is 6.34 Å². The molecule has 0 spiro atoms. The Hall–Kier alpha value is -1.32. The van der Waals surface area contributed by atoms with Gasteiger partial charge in [-0.1, -0.05) is 18.2 Å². The molecule has 1 aliphatic heterocycles. The van der Waals surface area contributed by atoms with E-state index >= 15 is 0 Å². The third kappa shape index (κ3) is 2.04. The molecule has 2 heterocycles. The van der Waals surface area contributed by atoms with Crippen LogP contribution in [0.1, 0.15) is 23.4 Å². The van der Waals surface area contributed by atoms with E-state index in [1.807, 2.05) is 17.5 Å². The average molecular weight is 279 g/mol. The van der Waals surface area contributed by atoms with E-state index in [0.717, 1.165) is 0 Å². The number of halogens is 1. The van der Waals surface area contributed by atoms with Crippen molar-refractivity contribution in [1.29, 1.82) is 0 Å². The van der Waals surface area contributed by atoms with Crippen LogP contribution in [0.25, 0.3) is 10.1 Å². The predicted molar refractivity (Wildman–Crippen MR) is 81.9 cm³/mol. The van der Waals surface area contributed by atoms with Gasteiger partial charge in [0.2, 0.25) is 0 Å². The zero-order valence-electron chi connectivity index (χ0n) is 10.3. The van der Waals surface area contributed by atoms with Crippen molar-refractivity contribution in [2.45, 2.75) is 19.9 Å². The maximum Gasteiger partial charge on any atom is 0.109 e. The number of hydrogen-bond donors (Lipinski definition) is 1. The van der Waals surface area contributed by atoms with Crippen LogP contribution in [-0.2, 0) is 0 Å². The van der Waals surface area contributed by atoms with Gasteiger partial charge in [-0.15, -0.1) is 23.7 Å². The third-order valence-electron chi connectivity index (χ3n) is 3.17. The van der Waals surface area contributed by atoms with Gasteiger partial charge in [-0.25, -0.2) is 0 Å². The van der Waals surface area contributed by atoms with E-state index < -0.39 is 0 Å². The van der Waals surface area contributed by atoms with E-state index in [0.29, 0.717) is 0 Å². The number of nitrogens with zero attached hydrogens (tertiary/aromatic N) is 1. The summed E-state index contributed by atoms with van der Waals surface area (Å²) in [5, 5.41) is 4.39. The Morgan fingerprint density at radius 3 is 2.72 bits per heavy atom. The fourth-order valence-corrected chi connectivity index (χ4v) is 3.55. The molecule has 1 atom stereocenters. The number of hydrogen-bond acceptors (Lipinski definition) is 3. The molecule has 1 N–H and O–H groups in total. The van der Waals surface area contributed by atoms with Crippen molar-refractivity contribution in [2.75, 3.05) is 0 Å². The number of aryl methyl sites for hydroxylation is 1. The number of aliphatic imine (C=N–C) groups is 1. The zero-order chi connectivity index (χ0) is 11.8. The van der Waals surface area contributed by atoms with Gasteiger partial charge >= 0.3 is 0 Å². The molecule has 0 saturated carbocycles. The number of rotatable bonds is 1. The highest BCUT2D eigenvalue weighted by molar-refractivity contribution is 7.19. The van der Waals surface area contributed by atoms with Gasteiger partial charge in [-0.05, 0) is 36.4 Å². The SMILES string of the molecule is CC1=CNC=NC1c1sc2ccccc2c1C.Cl. The van der Waals surface area contributed by atoms with E-state index in [2.05, 4.69) is 48.4 Å². The van der Waals surface area contributed by atoms with E-state index in [-0.39, 0.29) is 18.4 Å².